The van der Waals surface area contributed by atoms with Gasteiger partial charge >= 0.3 is 0 Å². The number of hydrogen-bond donors (Lipinski definition) is 2. The largest absolute Gasteiger partial charge is 0.389 e. The second kappa shape index (κ2) is 6.47. The van der Waals surface area contributed by atoms with Gasteiger partial charge in [0.1, 0.15) is 4.99 Å². The van der Waals surface area contributed by atoms with E-state index in [-0.39, 0.29) is 24.8 Å². The van der Waals surface area contributed by atoms with Crippen molar-refractivity contribution < 1.29 is 9.59 Å². The number of nitrogens with zero attached hydrogens (tertiary/aromatic N) is 1. The standard InChI is InChI=1S/C14H17N3O2S/c15-14(20)11-4-2-10(3-5-11)8-13(19)17-7-1-6-16-12(18)9-17/h2-5H,1,6-9H2,(H2,15,20)(H,16,18). The van der Waals surface area contributed by atoms with E-state index < -0.39 is 0 Å². The van der Waals surface area contributed by atoms with Crippen molar-refractivity contribution in [1.82, 2.24) is 10.2 Å². The van der Waals surface area contributed by atoms with E-state index in [9.17, 15) is 9.59 Å². The van der Waals surface area contributed by atoms with Gasteiger partial charge in [0.15, 0.2) is 0 Å². The van der Waals surface area contributed by atoms with E-state index in [2.05, 4.69) is 5.32 Å². The summed E-state index contributed by atoms with van der Waals surface area (Å²) in [6.45, 7) is 1.39. The molecule has 2 amide bonds. The van der Waals surface area contributed by atoms with Gasteiger partial charge in [0, 0.05) is 18.7 Å². The molecule has 1 aliphatic rings. The van der Waals surface area contributed by atoms with Crippen molar-refractivity contribution in [2.24, 2.45) is 5.73 Å². The second-order valence-corrected chi connectivity index (χ2v) is 5.20. The molecule has 0 aromatic heterocycles. The molecule has 6 heteroatoms. The first-order valence-corrected chi connectivity index (χ1v) is 6.90. The Morgan fingerprint density at radius 2 is 2.05 bits per heavy atom. The molecule has 0 aliphatic carbocycles. The maximum Gasteiger partial charge on any atom is 0.239 e. The third kappa shape index (κ3) is 3.77. The number of benzene rings is 1. The number of hydrogen-bond acceptors (Lipinski definition) is 3. The number of nitrogens with one attached hydrogen (secondary N) is 1. The van der Waals surface area contributed by atoms with Crippen molar-refractivity contribution in [1.29, 1.82) is 0 Å². The van der Waals surface area contributed by atoms with Gasteiger partial charge in [-0.1, -0.05) is 36.5 Å². The minimum atomic E-state index is -0.0975. The van der Waals surface area contributed by atoms with E-state index in [0.29, 0.717) is 18.1 Å². The quantitative estimate of drug-likeness (QED) is 0.781. The molecule has 1 fully saturated rings. The molecule has 106 valence electrons. The normalized spacial score (nSPS) is 15.4. The maximum atomic E-state index is 12.2. The van der Waals surface area contributed by atoms with E-state index in [4.69, 9.17) is 18.0 Å². The van der Waals surface area contributed by atoms with Crippen molar-refractivity contribution in [2.45, 2.75) is 12.8 Å². The number of nitrogens with two attached hydrogens (primary N) is 1. The molecule has 1 heterocycles. The van der Waals surface area contributed by atoms with Crippen LogP contribution in [0.1, 0.15) is 17.5 Å². The number of rotatable bonds is 3. The van der Waals surface area contributed by atoms with Crippen molar-refractivity contribution >= 4 is 29.0 Å². The Bertz CT molecular complexity index is 528. The van der Waals surface area contributed by atoms with Crippen LogP contribution in [0.4, 0.5) is 0 Å². The molecule has 2 rings (SSSR count). The van der Waals surface area contributed by atoms with Crippen LogP contribution in [-0.4, -0.2) is 41.3 Å². The average molecular weight is 291 g/mol. The zero-order chi connectivity index (χ0) is 14.5. The zero-order valence-corrected chi connectivity index (χ0v) is 11.9. The predicted molar refractivity (Wildman–Crippen MR) is 80.2 cm³/mol. The molecule has 1 aromatic carbocycles. The molecule has 20 heavy (non-hydrogen) atoms. The van der Waals surface area contributed by atoms with Gasteiger partial charge in [-0.25, -0.2) is 0 Å². The van der Waals surface area contributed by atoms with Crippen LogP contribution in [0.15, 0.2) is 24.3 Å². The fourth-order valence-electron chi connectivity index (χ4n) is 2.09. The minimum Gasteiger partial charge on any atom is -0.389 e. The summed E-state index contributed by atoms with van der Waals surface area (Å²) >= 11 is 4.88. The molecule has 1 aromatic rings. The molecular formula is C14H17N3O2S. The lowest BCUT2D eigenvalue weighted by atomic mass is 10.1. The zero-order valence-electron chi connectivity index (χ0n) is 11.1. The van der Waals surface area contributed by atoms with E-state index in [1.807, 2.05) is 12.1 Å². The fourth-order valence-corrected chi connectivity index (χ4v) is 2.23. The highest BCUT2D eigenvalue weighted by atomic mass is 32.1. The summed E-state index contributed by atoms with van der Waals surface area (Å²) in [6, 6.07) is 7.29. The second-order valence-electron chi connectivity index (χ2n) is 4.76. The molecule has 5 nitrogen and oxygen atoms in total. The average Bonchev–Trinajstić information content (AvgIpc) is 2.64. The summed E-state index contributed by atoms with van der Waals surface area (Å²) in [5.74, 6) is -0.134. The summed E-state index contributed by atoms with van der Waals surface area (Å²) in [5, 5.41) is 2.75. The van der Waals surface area contributed by atoms with Crippen molar-refractivity contribution in [3.63, 3.8) is 0 Å². The lowest BCUT2D eigenvalue weighted by Gasteiger charge is -2.19. The predicted octanol–water partition coefficient (Wildman–Crippen LogP) is 0.212. The van der Waals surface area contributed by atoms with Crippen LogP contribution in [0.2, 0.25) is 0 Å². The summed E-state index contributed by atoms with van der Waals surface area (Å²) in [7, 11) is 0. The molecule has 0 saturated carbocycles. The van der Waals surface area contributed by atoms with Gasteiger partial charge in [0.25, 0.3) is 0 Å². The number of carbonyl (C=O) groups excluding carboxylic acids is 2. The topological polar surface area (TPSA) is 75.4 Å². The Labute approximate surface area is 123 Å². The van der Waals surface area contributed by atoms with Crippen molar-refractivity contribution in [3.8, 4) is 0 Å². The summed E-state index contributed by atoms with van der Waals surface area (Å²) in [6.07, 6.45) is 1.07. The Hall–Kier alpha value is -1.95. The number of carbonyl (C=O) groups is 2. The Kier molecular flexibility index (Phi) is 4.68. The molecule has 1 saturated heterocycles. The molecule has 1 aliphatic heterocycles. The smallest absolute Gasteiger partial charge is 0.239 e. The van der Waals surface area contributed by atoms with E-state index in [0.717, 1.165) is 17.5 Å². The van der Waals surface area contributed by atoms with Gasteiger partial charge in [-0.3, -0.25) is 9.59 Å². The lowest BCUT2D eigenvalue weighted by Crippen LogP contribution is -2.38. The lowest BCUT2D eigenvalue weighted by molar-refractivity contribution is -0.134. The van der Waals surface area contributed by atoms with Crippen LogP contribution in [0, 0.1) is 0 Å². The first-order valence-electron chi connectivity index (χ1n) is 6.49. The van der Waals surface area contributed by atoms with E-state index >= 15 is 0 Å². The number of thiocarbonyl (C=S) groups is 1. The highest BCUT2D eigenvalue weighted by Gasteiger charge is 2.19. The third-order valence-electron chi connectivity index (χ3n) is 3.21. The molecule has 0 radical (unpaired) electrons. The van der Waals surface area contributed by atoms with E-state index in [1.165, 1.54) is 0 Å². The van der Waals surface area contributed by atoms with E-state index in [1.54, 1.807) is 17.0 Å². The Morgan fingerprint density at radius 1 is 1.35 bits per heavy atom. The first-order chi connectivity index (χ1) is 9.56. The first kappa shape index (κ1) is 14.5. The molecular weight excluding hydrogens is 274 g/mol. The summed E-state index contributed by atoms with van der Waals surface area (Å²) < 4.78 is 0. The Morgan fingerprint density at radius 3 is 2.70 bits per heavy atom. The van der Waals surface area contributed by atoms with Gasteiger partial charge in [-0.2, -0.15) is 0 Å². The SMILES string of the molecule is NC(=S)c1ccc(CC(=O)N2CCCNC(=O)C2)cc1. The number of amides is 2. The van der Waals surface area contributed by atoms with Crippen LogP contribution >= 0.6 is 12.2 Å². The van der Waals surface area contributed by atoms with Crippen LogP contribution in [0.3, 0.4) is 0 Å². The highest BCUT2D eigenvalue weighted by Crippen LogP contribution is 2.08. The minimum absolute atomic E-state index is 0.0369. The molecule has 0 unspecified atom stereocenters. The van der Waals surface area contributed by atoms with Crippen LogP contribution in [-0.2, 0) is 16.0 Å². The summed E-state index contributed by atoms with van der Waals surface area (Å²) in [4.78, 5) is 25.6. The van der Waals surface area contributed by atoms with Gasteiger partial charge in [0.05, 0.1) is 13.0 Å². The van der Waals surface area contributed by atoms with Crippen molar-refractivity contribution in [3.05, 3.63) is 35.4 Å². The maximum absolute atomic E-state index is 12.2. The monoisotopic (exact) mass is 291 g/mol. The van der Waals surface area contributed by atoms with Gasteiger partial charge in [-0.15, -0.1) is 0 Å². The van der Waals surface area contributed by atoms with Crippen molar-refractivity contribution in [2.75, 3.05) is 19.6 Å². The molecule has 0 spiro atoms. The van der Waals surface area contributed by atoms with Crippen LogP contribution in [0.5, 0.6) is 0 Å². The third-order valence-corrected chi connectivity index (χ3v) is 3.44. The fraction of sp³-hybridized carbons (Fsp3) is 0.357. The van der Waals surface area contributed by atoms with Gasteiger partial charge in [0.2, 0.25) is 11.8 Å². The van der Waals surface area contributed by atoms with Crippen LogP contribution < -0.4 is 11.1 Å². The molecule has 3 N–H and O–H groups in total. The molecule has 0 bridgehead atoms. The van der Waals surface area contributed by atoms with Gasteiger partial charge < -0.3 is 16.0 Å². The highest BCUT2D eigenvalue weighted by molar-refractivity contribution is 7.80. The molecule has 0 atom stereocenters. The Balaban J connectivity index is 1.99. The van der Waals surface area contributed by atoms with Gasteiger partial charge in [-0.05, 0) is 12.0 Å². The summed E-state index contributed by atoms with van der Waals surface area (Å²) in [5.41, 5.74) is 7.20. The van der Waals surface area contributed by atoms with Crippen LogP contribution in [0.25, 0.3) is 0 Å².